The Morgan fingerprint density at radius 3 is 2.47 bits per heavy atom. The summed E-state index contributed by atoms with van der Waals surface area (Å²) in [4.78, 5) is 0. The van der Waals surface area contributed by atoms with Gasteiger partial charge in [-0.15, -0.1) is 0 Å². The number of ether oxygens (including phenoxy) is 3. The highest BCUT2D eigenvalue weighted by atomic mass is 16.5. The van der Waals surface area contributed by atoms with E-state index in [4.69, 9.17) is 19.9 Å². The molecule has 2 rings (SSSR count). The zero-order chi connectivity index (χ0) is 13.9. The van der Waals surface area contributed by atoms with Gasteiger partial charge in [-0.25, -0.2) is 0 Å². The lowest BCUT2D eigenvalue weighted by atomic mass is 9.74. The van der Waals surface area contributed by atoms with Crippen LogP contribution in [0.4, 0.5) is 0 Å². The zero-order valence-electron chi connectivity index (χ0n) is 12.0. The molecule has 1 aromatic carbocycles. The maximum absolute atomic E-state index is 5.65. The molecule has 0 aliphatic carbocycles. The van der Waals surface area contributed by atoms with Crippen molar-refractivity contribution in [1.82, 2.24) is 0 Å². The molecule has 0 bridgehead atoms. The van der Waals surface area contributed by atoms with Gasteiger partial charge in [0.1, 0.15) is 11.5 Å². The minimum absolute atomic E-state index is 0.0573. The van der Waals surface area contributed by atoms with Crippen LogP contribution in [0.1, 0.15) is 24.0 Å². The zero-order valence-corrected chi connectivity index (χ0v) is 12.0. The number of nitrogens with two attached hydrogens (primary N) is 1. The van der Waals surface area contributed by atoms with Crippen LogP contribution < -0.4 is 15.2 Å². The molecule has 2 N–H and O–H groups in total. The average molecular weight is 265 g/mol. The van der Waals surface area contributed by atoms with E-state index in [1.165, 1.54) is 5.56 Å². The molecule has 1 aromatic rings. The van der Waals surface area contributed by atoms with E-state index in [0.717, 1.165) is 43.1 Å². The van der Waals surface area contributed by atoms with E-state index in [0.29, 0.717) is 6.54 Å². The fourth-order valence-corrected chi connectivity index (χ4v) is 2.80. The van der Waals surface area contributed by atoms with Gasteiger partial charge in [-0.1, -0.05) is 6.07 Å². The molecule has 0 spiro atoms. The topological polar surface area (TPSA) is 53.7 Å². The van der Waals surface area contributed by atoms with Crippen LogP contribution in [0.25, 0.3) is 0 Å². The predicted octanol–water partition coefficient (Wildman–Crippen LogP) is 2.02. The maximum atomic E-state index is 5.65. The molecule has 0 saturated carbocycles. The molecule has 0 aromatic heterocycles. The summed E-state index contributed by atoms with van der Waals surface area (Å²) in [5.74, 6) is 1.77. The van der Waals surface area contributed by atoms with E-state index in [1.54, 1.807) is 14.2 Å². The first-order chi connectivity index (χ1) is 9.18. The predicted molar refractivity (Wildman–Crippen MR) is 75.1 cm³/mol. The second-order valence-corrected chi connectivity index (χ2v) is 5.14. The highest BCUT2D eigenvalue weighted by Crippen LogP contribution is 2.44. The molecule has 1 fully saturated rings. The molecule has 19 heavy (non-hydrogen) atoms. The van der Waals surface area contributed by atoms with Crippen molar-refractivity contribution in [3.05, 3.63) is 23.3 Å². The van der Waals surface area contributed by atoms with Gasteiger partial charge in [0, 0.05) is 16.5 Å². The first-order valence-electron chi connectivity index (χ1n) is 6.68. The summed E-state index contributed by atoms with van der Waals surface area (Å²) in [6.07, 6.45) is 2.03. The molecule has 0 radical (unpaired) electrons. The Kier molecular flexibility index (Phi) is 4.32. The van der Waals surface area contributed by atoms with Gasteiger partial charge in [0.15, 0.2) is 0 Å². The first kappa shape index (κ1) is 14.2. The van der Waals surface area contributed by atoms with Crippen LogP contribution in [0.3, 0.4) is 0 Å². The molecular weight excluding hydrogens is 242 g/mol. The van der Waals surface area contributed by atoms with Crippen LogP contribution in [0.5, 0.6) is 11.5 Å². The molecule has 1 saturated heterocycles. The Morgan fingerprint density at radius 1 is 1.26 bits per heavy atom. The third-order valence-corrected chi connectivity index (χ3v) is 3.97. The van der Waals surface area contributed by atoms with Crippen molar-refractivity contribution in [2.24, 2.45) is 5.73 Å². The summed E-state index contributed by atoms with van der Waals surface area (Å²) in [7, 11) is 3.39. The van der Waals surface area contributed by atoms with Gasteiger partial charge >= 0.3 is 0 Å². The standard InChI is InChI=1S/C15H23NO3/c1-11-13(17-2)6-5-12(14(11)18-3)15(7-4-8-16)9-19-10-15/h5-6H,4,7-10,16H2,1-3H3. The molecule has 4 nitrogen and oxygen atoms in total. The molecule has 0 atom stereocenters. The van der Waals surface area contributed by atoms with Gasteiger partial charge < -0.3 is 19.9 Å². The Hall–Kier alpha value is -1.26. The Bertz CT molecular complexity index is 441. The average Bonchev–Trinajstić information content (AvgIpc) is 2.38. The van der Waals surface area contributed by atoms with E-state index in [1.807, 2.05) is 13.0 Å². The Morgan fingerprint density at radius 2 is 2.00 bits per heavy atom. The van der Waals surface area contributed by atoms with Crippen LogP contribution in [-0.4, -0.2) is 34.0 Å². The minimum atomic E-state index is 0.0573. The van der Waals surface area contributed by atoms with E-state index in [9.17, 15) is 0 Å². The lowest BCUT2D eigenvalue weighted by Crippen LogP contribution is -2.47. The van der Waals surface area contributed by atoms with Gasteiger partial charge in [-0.2, -0.15) is 0 Å². The van der Waals surface area contributed by atoms with Crippen LogP contribution in [0.2, 0.25) is 0 Å². The van der Waals surface area contributed by atoms with Crippen molar-refractivity contribution in [1.29, 1.82) is 0 Å². The summed E-state index contributed by atoms with van der Waals surface area (Å²) in [6.45, 7) is 4.22. The van der Waals surface area contributed by atoms with Crippen molar-refractivity contribution in [2.75, 3.05) is 34.0 Å². The Labute approximate surface area is 114 Å². The largest absolute Gasteiger partial charge is 0.496 e. The van der Waals surface area contributed by atoms with Crippen molar-refractivity contribution < 1.29 is 14.2 Å². The number of hydrogen-bond acceptors (Lipinski definition) is 4. The number of benzene rings is 1. The smallest absolute Gasteiger partial charge is 0.129 e. The molecule has 106 valence electrons. The molecule has 0 unspecified atom stereocenters. The van der Waals surface area contributed by atoms with Gasteiger partial charge in [0.2, 0.25) is 0 Å². The van der Waals surface area contributed by atoms with Gasteiger partial charge in [-0.3, -0.25) is 0 Å². The normalized spacial score (nSPS) is 16.8. The first-order valence-corrected chi connectivity index (χ1v) is 6.68. The summed E-state index contributed by atoms with van der Waals surface area (Å²) >= 11 is 0. The van der Waals surface area contributed by atoms with Crippen LogP contribution in [0, 0.1) is 6.92 Å². The lowest BCUT2D eigenvalue weighted by molar-refractivity contribution is -0.0658. The summed E-state index contributed by atoms with van der Waals surface area (Å²) in [6, 6.07) is 4.11. The van der Waals surface area contributed by atoms with Crippen LogP contribution >= 0.6 is 0 Å². The fraction of sp³-hybridized carbons (Fsp3) is 0.600. The number of rotatable bonds is 6. The summed E-state index contributed by atoms with van der Waals surface area (Å²) in [5.41, 5.74) is 7.96. The highest BCUT2D eigenvalue weighted by Gasteiger charge is 2.42. The number of methoxy groups -OCH3 is 2. The second-order valence-electron chi connectivity index (χ2n) is 5.14. The third kappa shape index (κ3) is 2.42. The van der Waals surface area contributed by atoms with Crippen molar-refractivity contribution in [3.63, 3.8) is 0 Å². The van der Waals surface area contributed by atoms with Gasteiger partial charge in [0.25, 0.3) is 0 Å². The summed E-state index contributed by atoms with van der Waals surface area (Å²) in [5, 5.41) is 0. The van der Waals surface area contributed by atoms with Crippen LogP contribution in [-0.2, 0) is 10.2 Å². The van der Waals surface area contributed by atoms with E-state index in [2.05, 4.69) is 6.07 Å². The van der Waals surface area contributed by atoms with Gasteiger partial charge in [0.05, 0.1) is 27.4 Å². The van der Waals surface area contributed by atoms with Crippen LogP contribution in [0.15, 0.2) is 12.1 Å². The van der Waals surface area contributed by atoms with Crippen molar-refractivity contribution >= 4 is 0 Å². The molecular formula is C15H23NO3. The molecule has 1 aliphatic heterocycles. The highest BCUT2D eigenvalue weighted by molar-refractivity contribution is 5.53. The van der Waals surface area contributed by atoms with E-state index in [-0.39, 0.29) is 5.41 Å². The van der Waals surface area contributed by atoms with Crippen molar-refractivity contribution in [3.8, 4) is 11.5 Å². The Balaban J connectivity index is 2.40. The third-order valence-electron chi connectivity index (χ3n) is 3.97. The van der Waals surface area contributed by atoms with Gasteiger partial charge in [-0.05, 0) is 32.4 Å². The quantitative estimate of drug-likeness (QED) is 0.855. The van der Waals surface area contributed by atoms with E-state index < -0.39 is 0 Å². The summed E-state index contributed by atoms with van der Waals surface area (Å²) < 4.78 is 16.4. The maximum Gasteiger partial charge on any atom is 0.129 e. The number of hydrogen-bond donors (Lipinski definition) is 1. The molecule has 1 heterocycles. The monoisotopic (exact) mass is 265 g/mol. The molecule has 4 heteroatoms. The van der Waals surface area contributed by atoms with Crippen molar-refractivity contribution in [2.45, 2.75) is 25.2 Å². The molecule has 1 aliphatic rings. The SMILES string of the molecule is COc1ccc(C2(CCCN)COC2)c(OC)c1C. The van der Waals surface area contributed by atoms with E-state index >= 15 is 0 Å². The minimum Gasteiger partial charge on any atom is -0.496 e. The molecule has 0 amide bonds. The lowest BCUT2D eigenvalue weighted by Gasteiger charge is -2.43. The fourth-order valence-electron chi connectivity index (χ4n) is 2.80. The second kappa shape index (κ2) is 5.80.